The largest absolute Gasteiger partial charge is 0.310 e. The highest BCUT2D eigenvalue weighted by Gasteiger charge is 2.17. The molecule has 0 bridgehead atoms. The molecule has 0 amide bonds. The van der Waals surface area contributed by atoms with Crippen LogP contribution in [0.1, 0.15) is 29.7 Å². The molecule has 0 spiro atoms. The van der Waals surface area contributed by atoms with Crippen molar-refractivity contribution in [2.75, 3.05) is 6.54 Å². The molecular weight excluding hydrogens is 353 g/mol. The average Bonchev–Trinajstić information content (AvgIpc) is 2.43. The number of rotatable bonds is 5. The van der Waals surface area contributed by atoms with Crippen LogP contribution < -0.4 is 5.32 Å². The van der Waals surface area contributed by atoms with Crippen LogP contribution in [0.25, 0.3) is 0 Å². The molecule has 0 saturated heterocycles. The van der Waals surface area contributed by atoms with Crippen LogP contribution in [0.4, 0.5) is 4.39 Å². The Kier molecular flexibility index (Phi) is 5.80. The molecule has 112 valence electrons. The molecule has 0 heterocycles. The van der Waals surface area contributed by atoms with E-state index in [1.165, 1.54) is 6.07 Å². The van der Waals surface area contributed by atoms with Crippen LogP contribution in [-0.4, -0.2) is 6.54 Å². The van der Waals surface area contributed by atoms with Gasteiger partial charge in [0.25, 0.3) is 0 Å². The van der Waals surface area contributed by atoms with Gasteiger partial charge in [0.05, 0.1) is 4.47 Å². The molecule has 0 saturated carbocycles. The topological polar surface area (TPSA) is 12.0 Å². The SMILES string of the molecule is CCNC(Cc1cccc(F)c1Br)c1ccc(C)cc1Cl. The van der Waals surface area contributed by atoms with Crippen LogP contribution in [0.5, 0.6) is 0 Å². The number of halogens is 3. The fraction of sp³-hybridized carbons (Fsp3) is 0.294. The lowest BCUT2D eigenvalue weighted by Gasteiger charge is -2.21. The van der Waals surface area contributed by atoms with Crippen LogP contribution in [0.2, 0.25) is 5.02 Å². The molecule has 1 unspecified atom stereocenters. The highest BCUT2D eigenvalue weighted by Crippen LogP contribution is 2.30. The van der Waals surface area contributed by atoms with Gasteiger partial charge in [0.2, 0.25) is 0 Å². The second kappa shape index (κ2) is 7.39. The summed E-state index contributed by atoms with van der Waals surface area (Å²) >= 11 is 9.70. The van der Waals surface area contributed by atoms with Gasteiger partial charge in [0.1, 0.15) is 5.82 Å². The summed E-state index contributed by atoms with van der Waals surface area (Å²) in [7, 11) is 0. The van der Waals surface area contributed by atoms with E-state index in [4.69, 9.17) is 11.6 Å². The summed E-state index contributed by atoms with van der Waals surface area (Å²) in [5.74, 6) is -0.238. The first kappa shape index (κ1) is 16.5. The van der Waals surface area contributed by atoms with Gasteiger partial charge in [-0.25, -0.2) is 4.39 Å². The quantitative estimate of drug-likeness (QED) is 0.738. The zero-order valence-corrected chi connectivity index (χ0v) is 14.4. The Morgan fingerprint density at radius 3 is 2.71 bits per heavy atom. The maximum Gasteiger partial charge on any atom is 0.137 e. The summed E-state index contributed by atoms with van der Waals surface area (Å²) in [6.45, 7) is 4.89. The Hall–Kier alpha value is -0.900. The lowest BCUT2D eigenvalue weighted by Crippen LogP contribution is -2.23. The van der Waals surface area contributed by atoms with E-state index in [1.807, 2.05) is 31.2 Å². The molecule has 4 heteroatoms. The number of likely N-dealkylation sites (N-methyl/N-ethyl adjacent to an activating group) is 1. The van der Waals surface area contributed by atoms with Crippen LogP contribution in [-0.2, 0) is 6.42 Å². The average molecular weight is 371 g/mol. The fourth-order valence-corrected chi connectivity index (χ4v) is 3.17. The molecule has 0 aliphatic carbocycles. The molecular formula is C17H18BrClFN. The summed E-state index contributed by atoms with van der Waals surface area (Å²) < 4.78 is 14.2. The van der Waals surface area contributed by atoms with Crippen molar-refractivity contribution in [3.8, 4) is 0 Å². The summed E-state index contributed by atoms with van der Waals surface area (Å²) in [6.07, 6.45) is 0.676. The van der Waals surface area contributed by atoms with Gasteiger partial charge in [-0.1, -0.05) is 42.8 Å². The minimum absolute atomic E-state index is 0.0567. The van der Waals surface area contributed by atoms with Crippen molar-refractivity contribution in [2.24, 2.45) is 0 Å². The summed E-state index contributed by atoms with van der Waals surface area (Å²) in [5, 5.41) is 4.17. The second-order valence-electron chi connectivity index (χ2n) is 5.05. The van der Waals surface area contributed by atoms with E-state index in [2.05, 4.69) is 28.2 Å². The normalized spacial score (nSPS) is 12.4. The Morgan fingerprint density at radius 2 is 2.05 bits per heavy atom. The van der Waals surface area contributed by atoms with E-state index in [0.717, 1.165) is 28.3 Å². The van der Waals surface area contributed by atoms with E-state index in [0.29, 0.717) is 10.9 Å². The third kappa shape index (κ3) is 4.06. The lowest BCUT2D eigenvalue weighted by atomic mass is 9.97. The standard InChI is InChI=1S/C17H18BrClFN/c1-3-21-16(13-8-7-11(2)9-14(13)19)10-12-5-4-6-15(20)17(12)18/h4-9,16,21H,3,10H2,1-2H3. The molecule has 0 fully saturated rings. The number of nitrogens with one attached hydrogen (secondary N) is 1. The van der Waals surface area contributed by atoms with Gasteiger partial charge < -0.3 is 5.32 Å². The maximum atomic E-state index is 13.7. The predicted molar refractivity (Wildman–Crippen MR) is 90.4 cm³/mol. The van der Waals surface area contributed by atoms with Crippen molar-refractivity contribution in [3.05, 3.63) is 68.4 Å². The molecule has 1 atom stereocenters. The third-order valence-electron chi connectivity index (χ3n) is 3.44. The Morgan fingerprint density at radius 1 is 1.29 bits per heavy atom. The Balaban J connectivity index is 2.33. The van der Waals surface area contributed by atoms with Gasteiger partial charge in [0.15, 0.2) is 0 Å². The second-order valence-corrected chi connectivity index (χ2v) is 6.25. The van der Waals surface area contributed by atoms with Crippen molar-refractivity contribution < 1.29 is 4.39 Å². The summed E-state index contributed by atoms with van der Waals surface area (Å²) in [6, 6.07) is 11.2. The number of aryl methyl sites for hydroxylation is 1. The van der Waals surface area contributed by atoms with Crippen LogP contribution in [0, 0.1) is 12.7 Å². The van der Waals surface area contributed by atoms with E-state index in [-0.39, 0.29) is 11.9 Å². The van der Waals surface area contributed by atoms with E-state index < -0.39 is 0 Å². The number of benzene rings is 2. The molecule has 0 aliphatic rings. The minimum atomic E-state index is -0.238. The van der Waals surface area contributed by atoms with Crippen molar-refractivity contribution in [1.29, 1.82) is 0 Å². The maximum absolute atomic E-state index is 13.7. The van der Waals surface area contributed by atoms with Gasteiger partial charge in [-0.15, -0.1) is 0 Å². The van der Waals surface area contributed by atoms with E-state index >= 15 is 0 Å². The molecule has 2 rings (SSSR count). The predicted octanol–water partition coefficient (Wildman–Crippen LogP) is 5.44. The molecule has 1 N–H and O–H groups in total. The lowest BCUT2D eigenvalue weighted by molar-refractivity contribution is 0.545. The van der Waals surface area contributed by atoms with Crippen molar-refractivity contribution in [3.63, 3.8) is 0 Å². The van der Waals surface area contributed by atoms with E-state index in [9.17, 15) is 4.39 Å². The number of hydrogen-bond donors (Lipinski definition) is 1. The van der Waals surface area contributed by atoms with Gasteiger partial charge >= 0.3 is 0 Å². The fourth-order valence-electron chi connectivity index (χ4n) is 2.38. The first-order valence-corrected chi connectivity index (χ1v) is 8.12. The molecule has 0 aromatic heterocycles. The summed E-state index contributed by atoms with van der Waals surface area (Å²) in [5.41, 5.74) is 3.10. The molecule has 0 radical (unpaired) electrons. The van der Waals surface area contributed by atoms with Crippen molar-refractivity contribution in [1.82, 2.24) is 5.32 Å². The van der Waals surface area contributed by atoms with Crippen LogP contribution in [0.15, 0.2) is 40.9 Å². The van der Waals surface area contributed by atoms with E-state index in [1.54, 1.807) is 6.07 Å². The van der Waals surface area contributed by atoms with Crippen molar-refractivity contribution in [2.45, 2.75) is 26.3 Å². The summed E-state index contributed by atoms with van der Waals surface area (Å²) in [4.78, 5) is 0. The smallest absolute Gasteiger partial charge is 0.137 e. The van der Waals surface area contributed by atoms with Gasteiger partial charge in [-0.3, -0.25) is 0 Å². The van der Waals surface area contributed by atoms with Gasteiger partial charge in [-0.05, 0) is 64.6 Å². The molecule has 0 aliphatic heterocycles. The highest BCUT2D eigenvalue weighted by atomic mass is 79.9. The first-order valence-electron chi connectivity index (χ1n) is 6.95. The highest BCUT2D eigenvalue weighted by molar-refractivity contribution is 9.10. The zero-order chi connectivity index (χ0) is 15.4. The van der Waals surface area contributed by atoms with Gasteiger partial charge in [-0.2, -0.15) is 0 Å². The molecule has 1 nitrogen and oxygen atoms in total. The Labute approximate surface area is 138 Å². The monoisotopic (exact) mass is 369 g/mol. The molecule has 2 aromatic carbocycles. The van der Waals surface area contributed by atoms with Crippen LogP contribution >= 0.6 is 27.5 Å². The number of hydrogen-bond acceptors (Lipinski definition) is 1. The first-order chi connectivity index (χ1) is 10.0. The van der Waals surface area contributed by atoms with Crippen LogP contribution in [0.3, 0.4) is 0 Å². The van der Waals surface area contributed by atoms with Crippen molar-refractivity contribution >= 4 is 27.5 Å². The Bertz CT molecular complexity index is 630. The molecule has 21 heavy (non-hydrogen) atoms. The minimum Gasteiger partial charge on any atom is -0.310 e. The third-order valence-corrected chi connectivity index (χ3v) is 4.65. The zero-order valence-electron chi connectivity index (χ0n) is 12.1. The molecule has 2 aromatic rings. The van der Waals surface area contributed by atoms with Gasteiger partial charge in [0, 0.05) is 11.1 Å².